The van der Waals surface area contributed by atoms with Gasteiger partial charge in [-0.1, -0.05) is 0 Å². The van der Waals surface area contributed by atoms with Gasteiger partial charge in [0.25, 0.3) is 11.5 Å². The summed E-state index contributed by atoms with van der Waals surface area (Å²) in [7, 11) is 5.39. The number of carbonyl (C=O) groups excluding carboxylic acids is 2. The molecule has 2 heterocycles. The van der Waals surface area contributed by atoms with E-state index in [2.05, 4.69) is 10.1 Å². The number of aromatic nitrogens is 3. The molecular formula is C22H33N5O4S. The molecule has 0 saturated heterocycles. The van der Waals surface area contributed by atoms with E-state index in [1.165, 1.54) is 9.58 Å². The summed E-state index contributed by atoms with van der Waals surface area (Å²) < 4.78 is 6.69. The van der Waals surface area contributed by atoms with Crippen molar-refractivity contribution >= 4 is 23.2 Å². The molecule has 2 aromatic rings. The molecule has 0 radical (unpaired) electrons. The van der Waals surface area contributed by atoms with Gasteiger partial charge in [0.05, 0.1) is 17.0 Å². The molecule has 0 bridgehead atoms. The standard InChI is InChI=1S/C22H33N5O4S/c1-13-14(2)24-26(9)20(29)17(13)19-23-15(3)18(32-19)21(30)27(11-10-25(7)8)12-16(28)31-22(4,5)6/h10-12H2,1-9H3. The van der Waals surface area contributed by atoms with Crippen molar-refractivity contribution in [1.29, 1.82) is 0 Å². The monoisotopic (exact) mass is 463 g/mol. The summed E-state index contributed by atoms with van der Waals surface area (Å²) in [5, 5.41) is 4.68. The van der Waals surface area contributed by atoms with Crippen molar-refractivity contribution in [2.45, 2.75) is 47.1 Å². The van der Waals surface area contributed by atoms with E-state index in [0.717, 1.165) is 22.6 Å². The summed E-state index contributed by atoms with van der Waals surface area (Å²) in [4.78, 5) is 46.9. The minimum absolute atomic E-state index is 0.161. The molecular weight excluding hydrogens is 430 g/mol. The SMILES string of the molecule is Cc1nc(-c2c(C)c(C)nn(C)c2=O)sc1C(=O)N(CCN(C)C)CC(=O)OC(C)(C)C. The third-order valence-corrected chi connectivity index (χ3v) is 5.94. The number of hydrogen-bond donors (Lipinski definition) is 0. The van der Waals surface area contributed by atoms with Crippen molar-refractivity contribution in [2.75, 3.05) is 33.7 Å². The fourth-order valence-electron chi connectivity index (χ4n) is 3.05. The van der Waals surface area contributed by atoms with Gasteiger partial charge in [-0.15, -0.1) is 11.3 Å². The molecule has 0 fully saturated rings. The lowest BCUT2D eigenvalue weighted by molar-refractivity contribution is -0.155. The number of amides is 1. The lowest BCUT2D eigenvalue weighted by Gasteiger charge is -2.26. The van der Waals surface area contributed by atoms with Gasteiger partial charge in [0.1, 0.15) is 22.0 Å². The number of hydrogen-bond acceptors (Lipinski definition) is 8. The minimum Gasteiger partial charge on any atom is -0.459 e. The number of aryl methyl sites for hydroxylation is 3. The van der Waals surface area contributed by atoms with Crippen molar-refractivity contribution in [3.63, 3.8) is 0 Å². The molecule has 0 N–H and O–H groups in total. The van der Waals surface area contributed by atoms with Crippen LogP contribution in [0.4, 0.5) is 0 Å². The molecule has 176 valence electrons. The average molecular weight is 464 g/mol. The molecule has 0 aliphatic heterocycles. The molecule has 32 heavy (non-hydrogen) atoms. The predicted molar refractivity (Wildman–Crippen MR) is 125 cm³/mol. The van der Waals surface area contributed by atoms with Gasteiger partial charge in [-0.2, -0.15) is 5.10 Å². The van der Waals surface area contributed by atoms with Crippen LogP contribution in [0.3, 0.4) is 0 Å². The highest BCUT2D eigenvalue weighted by atomic mass is 32.1. The van der Waals surface area contributed by atoms with E-state index in [4.69, 9.17) is 4.74 Å². The average Bonchev–Trinajstić information content (AvgIpc) is 3.02. The second-order valence-electron chi connectivity index (χ2n) is 9.06. The van der Waals surface area contributed by atoms with Gasteiger partial charge >= 0.3 is 5.97 Å². The number of thiazole rings is 1. The van der Waals surface area contributed by atoms with Gasteiger partial charge in [-0.3, -0.25) is 14.4 Å². The summed E-state index contributed by atoms with van der Waals surface area (Å²) in [6.45, 7) is 11.5. The number of esters is 1. The molecule has 0 spiro atoms. The van der Waals surface area contributed by atoms with Crippen LogP contribution in [0.15, 0.2) is 4.79 Å². The summed E-state index contributed by atoms with van der Waals surface area (Å²) in [6, 6.07) is 0. The van der Waals surface area contributed by atoms with E-state index < -0.39 is 11.6 Å². The van der Waals surface area contributed by atoms with Crippen molar-refractivity contribution in [3.05, 3.63) is 32.2 Å². The van der Waals surface area contributed by atoms with Gasteiger partial charge < -0.3 is 14.5 Å². The molecule has 0 saturated carbocycles. The third kappa shape index (κ3) is 6.23. The second-order valence-corrected chi connectivity index (χ2v) is 10.1. The van der Waals surface area contributed by atoms with Crippen LogP contribution < -0.4 is 5.56 Å². The minimum atomic E-state index is -0.641. The van der Waals surface area contributed by atoms with Gasteiger partial charge in [-0.25, -0.2) is 9.67 Å². The van der Waals surface area contributed by atoms with Gasteiger partial charge in [-0.05, 0) is 61.2 Å². The quantitative estimate of drug-likeness (QED) is 0.581. The van der Waals surface area contributed by atoms with E-state index in [-0.39, 0.29) is 18.0 Å². The van der Waals surface area contributed by atoms with Gasteiger partial charge in [0, 0.05) is 20.1 Å². The molecule has 2 aromatic heterocycles. The number of ether oxygens (including phenoxy) is 1. The Morgan fingerprint density at radius 2 is 1.72 bits per heavy atom. The molecule has 0 aliphatic rings. The zero-order valence-electron chi connectivity index (χ0n) is 20.4. The number of likely N-dealkylation sites (N-methyl/N-ethyl adjacent to an activating group) is 1. The summed E-state index contributed by atoms with van der Waals surface area (Å²) >= 11 is 1.16. The Hall–Kier alpha value is -2.59. The fourth-order valence-corrected chi connectivity index (χ4v) is 4.18. The highest BCUT2D eigenvalue weighted by Gasteiger charge is 2.27. The summed E-state index contributed by atoms with van der Waals surface area (Å²) in [6.07, 6.45) is 0. The van der Waals surface area contributed by atoms with Crippen LogP contribution in [0.1, 0.15) is 47.4 Å². The molecule has 10 heteroatoms. The van der Waals surface area contributed by atoms with Gasteiger partial charge in [0.15, 0.2) is 0 Å². The zero-order valence-corrected chi connectivity index (χ0v) is 21.2. The van der Waals surface area contributed by atoms with E-state index in [1.54, 1.807) is 34.7 Å². The highest BCUT2D eigenvalue weighted by Crippen LogP contribution is 2.29. The van der Waals surface area contributed by atoms with E-state index in [0.29, 0.717) is 34.2 Å². The predicted octanol–water partition coefficient (Wildman–Crippen LogP) is 2.17. The van der Waals surface area contributed by atoms with E-state index in [9.17, 15) is 14.4 Å². The summed E-state index contributed by atoms with van der Waals surface area (Å²) in [5.74, 6) is -0.777. The first-order chi connectivity index (χ1) is 14.7. The number of nitrogens with zero attached hydrogens (tertiary/aromatic N) is 5. The molecule has 2 rings (SSSR count). The topological polar surface area (TPSA) is 97.6 Å². The van der Waals surface area contributed by atoms with Crippen LogP contribution in [0, 0.1) is 20.8 Å². The maximum absolute atomic E-state index is 13.4. The summed E-state index contributed by atoms with van der Waals surface area (Å²) in [5.41, 5.74) is 1.51. The third-order valence-electron chi connectivity index (χ3n) is 4.77. The number of rotatable bonds is 7. The van der Waals surface area contributed by atoms with Gasteiger partial charge in [0.2, 0.25) is 0 Å². The Morgan fingerprint density at radius 1 is 1.09 bits per heavy atom. The largest absolute Gasteiger partial charge is 0.459 e. The highest BCUT2D eigenvalue weighted by molar-refractivity contribution is 7.17. The van der Waals surface area contributed by atoms with Crippen molar-refractivity contribution < 1.29 is 14.3 Å². The first kappa shape index (κ1) is 25.7. The first-order valence-corrected chi connectivity index (χ1v) is 11.2. The van der Waals surface area contributed by atoms with Crippen LogP contribution in [0.5, 0.6) is 0 Å². The Labute approximate surface area is 193 Å². The van der Waals surface area contributed by atoms with E-state index in [1.807, 2.05) is 32.8 Å². The molecule has 0 atom stereocenters. The van der Waals surface area contributed by atoms with Crippen LogP contribution in [-0.2, 0) is 16.6 Å². The molecule has 1 amide bonds. The first-order valence-electron chi connectivity index (χ1n) is 10.4. The maximum atomic E-state index is 13.4. The number of carbonyl (C=O) groups is 2. The van der Waals surface area contributed by atoms with Crippen molar-refractivity contribution in [1.82, 2.24) is 24.6 Å². The second kappa shape index (κ2) is 9.91. The Morgan fingerprint density at radius 3 is 2.28 bits per heavy atom. The lowest BCUT2D eigenvalue weighted by atomic mass is 10.1. The zero-order chi connectivity index (χ0) is 24.4. The van der Waals surface area contributed by atoms with E-state index >= 15 is 0 Å². The Bertz CT molecular complexity index is 1070. The molecule has 0 unspecified atom stereocenters. The lowest BCUT2D eigenvalue weighted by Crippen LogP contribution is -2.42. The van der Waals surface area contributed by atoms with Crippen molar-refractivity contribution in [3.8, 4) is 10.6 Å². The normalized spacial score (nSPS) is 11.7. The fraction of sp³-hybridized carbons (Fsp3) is 0.591. The molecule has 0 aliphatic carbocycles. The van der Waals surface area contributed by atoms with Crippen molar-refractivity contribution in [2.24, 2.45) is 7.05 Å². The Balaban J connectivity index is 2.42. The van der Waals surface area contributed by atoms with Crippen LogP contribution in [0.25, 0.3) is 10.6 Å². The van der Waals surface area contributed by atoms with Crippen LogP contribution in [0.2, 0.25) is 0 Å². The maximum Gasteiger partial charge on any atom is 0.326 e. The van der Waals surface area contributed by atoms with Crippen LogP contribution >= 0.6 is 11.3 Å². The van der Waals surface area contributed by atoms with Crippen LogP contribution in [-0.4, -0.2) is 75.8 Å². The Kier molecular flexibility index (Phi) is 7.95. The smallest absolute Gasteiger partial charge is 0.326 e. The molecule has 9 nitrogen and oxygen atoms in total. The molecule has 0 aromatic carbocycles.